The van der Waals surface area contributed by atoms with Crippen molar-refractivity contribution >= 4 is 76.1 Å². The maximum atomic E-state index is 5.07. The van der Waals surface area contributed by atoms with E-state index in [1.807, 2.05) is 12.1 Å². The smallest absolute Gasteiger partial charge is 0.195 e. The molecule has 0 bridgehead atoms. The van der Waals surface area contributed by atoms with E-state index in [1.165, 1.54) is 22.3 Å². The fraction of sp³-hybridized carbons (Fsp3) is 0. The van der Waals surface area contributed by atoms with Crippen molar-refractivity contribution in [3.05, 3.63) is 206 Å². The van der Waals surface area contributed by atoms with Crippen molar-refractivity contribution in [1.82, 2.24) is 9.97 Å². The summed E-state index contributed by atoms with van der Waals surface area (Å²) in [5.41, 5.74) is 13.3. The summed E-state index contributed by atoms with van der Waals surface area (Å²) in [5, 5.41) is 1.87. The first-order valence-electron chi connectivity index (χ1n) is 18.6. The molecule has 0 aliphatic rings. The zero-order valence-corrected chi connectivity index (χ0v) is 31.9. The largest absolute Gasteiger partial charge is 0.286 e. The Morgan fingerprint density at radius 3 is 0.839 bits per heavy atom. The first-order valence-corrected chi connectivity index (χ1v) is 20.2. The summed E-state index contributed by atoms with van der Waals surface area (Å²) in [6.07, 6.45) is 0. The fourth-order valence-corrected chi connectivity index (χ4v) is 9.14. The molecule has 0 N–H and O–H groups in total. The van der Waals surface area contributed by atoms with Crippen LogP contribution in [0.1, 0.15) is 0 Å². The molecule has 4 nitrogen and oxygen atoms in total. The number of anilines is 6. The van der Waals surface area contributed by atoms with Gasteiger partial charge in [-0.15, -0.1) is 0 Å². The van der Waals surface area contributed by atoms with Gasteiger partial charge in [0.1, 0.15) is 0 Å². The lowest BCUT2D eigenvalue weighted by atomic mass is 10.0. The lowest BCUT2D eigenvalue weighted by Crippen LogP contribution is -2.09. The van der Waals surface area contributed by atoms with Crippen LogP contribution in [0.3, 0.4) is 0 Å². The highest BCUT2D eigenvalue weighted by Crippen LogP contribution is 2.42. The Morgan fingerprint density at radius 2 is 0.536 bits per heavy atom. The highest BCUT2D eigenvalue weighted by Gasteiger charge is 2.19. The van der Waals surface area contributed by atoms with Gasteiger partial charge in [-0.25, -0.2) is 9.97 Å². The molecule has 8 aromatic carbocycles. The molecule has 266 valence electrons. The first-order chi connectivity index (χ1) is 27.7. The van der Waals surface area contributed by atoms with Crippen LogP contribution in [0.4, 0.5) is 33.0 Å². The van der Waals surface area contributed by atoms with Gasteiger partial charge in [-0.05, 0) is 106 Å². The normalized spacial score (nSPS) is 11.2. The van der Waals surface area contributed by atoms with Crippen molar-refractivity contribution in [3.8, 4) is 33.4 Å². The molecule has 0 saturated heterocycles. The molecule has 0 aliphatic heterocycles. The molecule has 0 unspecified atom stereocenters. The van der Waals surface area contributed by atoms with Crippen LogP contribution in [0, 0.1) is 0 Å². The SMILES string of the molecule is c1ccc(-c2ccc(N(c3ccc(-c4ccc(N(c5ccc(-c6ccccc6)cc5)c5nc6ccccc6s5)cc4)cc3)c3nc4ccccc4s3)cc2)cc1. The van der Waals surface area contributed by atoms with E-state index < -0.39 is 0 Å². The summed E-state index contributed by atoms with van der Waals surface area (Å²) in [6, 6.07) is 72.8. The van der Waals surface area contributed by atoms with Gasteiger partial charge in [0.2, 0.25) is 0 Å². The minimum Gasteiger partial charge on any atom is -0.286 e. The standard InChI is InChI=1S/C50H34N4S2/c1-3-11-35(12-4-1)37-19-27-41(28-20-37)53(49-51-45-15-7-9-17-47(45)55-49)43-31-23-39(24-32-43)40-25-33-44(34-26-40)54(50-52-46-16-8-10-18-48(46)56-50)42-29-21-38(22-30-42)36-13-5-2-6-14-36/h1-34H. The summed E-state index contributed by atoms with van der Waals surface area (Å²) in [4.78, 5) is 14.7. The molecule has 0 saturated carbocycles. The third-order valence-corrected chi connectivity index (χ3v) is 12.0. The molecule has 0 amide bonds. The Bertz CT molecular complexity index is 2620. The van der Waals surface area contributed by atoms with Crippen molar-refractivity contribution in [2.45, 2.75) is 0 Å². The lowest BCUT2D eigenvalue weighted by molar-refractivity contribution is 1.25. The molecule has 0 radical (unpaired) electrons. The molecule has 2 heterocycles. The number of para-hydroxylation sites is 2. The van der Waals surface area contributed by atoms with Crippen LogP contribution in [0.2, 0.25) is 0 Å². The van der Waals surface area contributed by atoms with Crippen molar-refractivity contribution in [3.63, 3.8) is 0 Å². The summed E-state index contributed by atoms with van der Waals surface area (Å²) in [7, 11) is 0. The number of thiazole rings is 2. The maximum absolute atomic E-state index is 5.07. The first kappa shape index (κ1) is 33.7. The molecule has 0 aliphatic carbocycles. The van der Waals surface area contributed by atoms with Crippen LogP contribution in [0.25, 0.3) is 53.8 Å². The second-order valence-corrected chi connectivity index (χ2v) is 15.5. The van der Waals surface area contributed by atoms with Crippen LogP contribution < -0.4 is 9.80 Å². The molecule has 10 aromatic rings. The maximum Gasteiger partial charge on any atom is 0.195 e. The molecular weight excluding hydrogens is 721 g/mol. The van der Waals surface area contributed by atoms with Crippen molar-refractivity contribution in [2.75, 3.05) is 9.80 Å². The van der Waals surface area contributed by atoms with Gasteiger partial charge in [0.05, 0.1) is 20.4 Å². The van der Waals surface area contributed by atoms with E-state index in [0.717, 1.165) is 64.6 Å². The molecule has 6 heteroatoms. The van der Waals surface area contributed by atoms with Crippen LogP contribution >= 0.6 is 22.7 Å². The number of hydrogen-bond donors (Lipinski definition) is 0. The number of benzene rings is 8. The minimum atomic E-state index is 0.933. The fourth-order valence-electron chi connectivity index (χ4n) is 7.12. The average Bonchev–Trinajstić information content (AvgIpc) is 3.90. The Balaban J connectivity index is 0.976. The highest BCUT2D eigenvalue weighted by molar-refractivity contribution is 7.22. The summed E-state index contributed by atoms with van der Waals surface area (Å²) < 4.78 is 2.33. The third kappa shape index (κ3) is 6.62. The Hall–Kier alpha value is -6.86. The molecule has 2 aromatic heterocycles. The molecule has 0 atom stereocenters. The molecule has 10 rings (SSSR count). The van der Waals surface area contributed by atoms with E-state index in [4.69, 9.17) is 9.97 Å². The quantitative estimate of drug-likeness (QED) is 0.147. The monoisotopic (exact) mass is 754 g/mol. The van der Waals surface area contributed by atoms with Crippen LogP contribution in [0.15, 0.2) is 206 Å². The molecule has 56 heavy (non-hydrogen) atoms. The van der Waals surface area contributed by atoms with Gasteiger partial charge in [0.25, 0.3) is 0 Å². The van der Waals surface area contributed by atoms with Gasteiger partial charge in [-0.2, -0.15) is 0 Å². The number of hydrogen-bond acceptors (Lipinski definition) is 6. The minimum absolute atomic E-state index is 0.933. The van der Waals surface area contributed by atoms with Gasteiger partial charge in [0.15, 0.2) is 10.3 Å². The predicted molar refractivity (Wildman–Crippen MR) is 238 cm³/mol. The van der Waals surface area contributed by atoms with Gasteiger partial charge < -0.3 is 0 Å². The topological polar surface area (TPSA) is 32.3 Å². The van der Waals surface area contributed by atoms with Crippen LogP contribution in [-0.2, 0) is 0 Å². The number of aromatic nitrogens is 2. The van der Waals surface area contributed by atoms with E-state index in [-0.39, 0.29) is 0 Å². The van der Waals surface area contributed by atoms with Crippen molar-refractivity contribution < 1.29 is 0 Å². The summed E-state index contributed by atoms with van der Waals surface area (Å²) in [5.74, 6) is 0. The van der Waals surface area contributed by atoms with Gasteiger partial charge in [-0.1, -0.05) is 156 Å². The zero-order chi connectivity index (χ0) is 37.3. The Morgan fingerprint density at radius 1 is 0.268 bits per heavy atom. The number of nitrogens with zero attached hydrogens (tertiary/aromatic N) is 4. The third-order valence-electron chi connectivity index (χ3n) is 10.00. The molecular formula is C50H34N4S2. The Kier molecular flexibility index (Phi) is 8.88. The molecule has 0 spiro atoms. The van der Waals surface area contributed by atoms with E-state index in [9.17, 15) is 0 Å². The van der Waals surface area contributed by atoms with E-state index >= 15 is 0 Å². The van der Waals surface area contributed by atoms with Gasteiger partial charge >= 0.3 is 0 Å². The average molecular weight is 755 g/mol. The van der Waals surface area contributed by atoms with E-state index in [2.05, 4.69) is 204 Å². The zero-order valence-electron chi connectivity index (χ0n) is 30.2. The second-order valence-electron chi connectivity index (χ2n) is 13.5. The Labute approximate surface area is 333 Å². The highest BCUT2D eigenvalue weighted by atomic mass is 32.1. The van der Waals surface area contributed by atoms with Crippen molar-refractivity contribution in [1.29, 1.82) is 0 Å². The van der Waals surface area contributed by atoms with E-state index in [0.29, 0.717) is 0 Å². The number of fused-ring (bicyclic) bond motifs is 2. The summed E-state index contributed by atoms with van der Waals surface area (Å²) >= 11 is 3.41. The second kappa shape index (κ2) is 14.8. The van der Waals surface area contributed by atoms with Crippen LogP contribution in [-0.4, -0.2) is 9.97 Å². The summed E-state index contributed by atoms with van der Waals surface area (Å²) in [6.45, 7) is 0. The van der Waals surface area contributed by atoms with Gasteiger partial charge in [0, 0.05) is 22.7 Å². The number of rotatable bonds is 9. The van der Waals surface area contributed by atoms with Crippen LogP contribution in [0.5, 0.6) is 0 Å². The van der Waals surface area contributed by atoms with Gasteiger partial charge in [-0.3, -0.25) is 9.80 Å². The lowest BCUT2D eigenvalue weighted by Gasteiger charge is -2.23. The van der Waals surface area contributed by atoms with Crippen molar-refractivity contribution in [2.24, 2.45) is 0 Å². The molecule has 0 fully saturated rings. The van der Waals surface area contributed by atoms with E-state index in [1.54, 1.807) is 22.7 Å². The predicted octanol–water partition coefficient (Wildman–Crippen LogP) is 14.8.